The van der Waals surface area contributed by atoms with Crippen LogP contribution >= 0.6 is 0 Å². The molecule has 1 heterocycles. The van der Waals surface area contributed by atoms with E-state index < -0.39 is 28.7 Å². The van der Waals surface area contributed by atoms with E-state index in [0.29, 0.717) is 22.0 Å². The molecule has 0 fully saturated rings. The minimum Gasteiger partial charge on any atom is -0.504 e. The molecule has 9 aromatic carbocycles. The number of benzene rings is 9. The van der Waals surface area contributed by atoms with E-state index in [0.717, 1.165) is 60.3 Å². The second kappa shape index (κ2) is 12.3. The number of pyridine rings is 1. The molecular weight excluding hydrogens is 683 g/mol. The summed E-state index contributed by atoms with van der Waals surface area (Å²) < 4.78 is 0. The molecule has 5 N–H and O–H groups in total. The number of phenolic OH excluding ortho intramolecular Hbond substituents is 5. The quantitative estimate of drug-likeness (QED) is 0.0537. The summed E-state index contributed by atoms with van der Waals surface area (Å²) in [6.07, 6.45) is 0. The molecule has 0 spiro atoms. The van der Waals surface area contributed by atoms with Gasteiger partial charge in [0.15, 0.2) is 11.5 Å². The van der Waals surface area contributed by atoms with E-state index in [-0.39, 0.29) is 5.56 Å². The Morgan fingerprint density at radius 3 is 1.58 bits per heavy atom. The van der Waals surface area contributed by atoms with Crippen LogP contribution in [0.15, 0.2) is 158 Å². The highest BCUT2D eigenvalue weighted by molar-refractivity contribution is 6.24. The van der Waals surface area contributed by atoms with Crippen LogP contribution in [0.3, 0.4) is 0 Å². The molecule has 0 saturated heterocycles. The number of nitrogens with zero attached hydrogens (tertiary/aromatic N) is 1. The molecule has 0 aliphatic carbocycles. The van der Waals surface area contributed by atoms with Gasteiger partial charge in [-0.05, 0) is 89.3 Å². The van der Waals surface area contributed by atoms with E-state index in [4.69, 9.17) is 4.98 Å². The van der Waals surface area contributed by atoms with E-state index in [9.17, 15) is 25.5 Å². The van der Waals surface area contributed by atoms with Crippen LogP contribution in [0.2, 0.25) is 0 Å². The summed E-state index contributed by atoms with van der Waals surface area (Å²) in [4.78, 5) is 5.40. The van der Waals surface area contributed by atoms with Gasteiger partial charge in [0.2, 0.25) is 17.2 Å². The van der Waals surface area contributed by atoms with Crippen molar-refractivity contribution in [1.29, 1.82) is 0 Å². The average Bonchev–Trinajstić information content (AvgIpc) is 3.24. The number of hydrogen-bond acceptors (Lipinski definition) is 6. The smallest absolute Gasteiger partial charge is 0.208 e. The van der Waals surface area contributed by atoms with Crippen LogP contribution in [0.1, 0.15) is 0 Å². The summed E-state index contributed by atoms with van der Waals surface area (Å²) in [6.45, 7) is 0. The van der Waals surface area contributed by atoms with Crippen LogP contribution < -0.4 is 0 Å². The van der Waals surface area contributed by atoms with Crippen molar-refractivity contribution < 1.29 is 25.5 Å². The molecule has 0 aliphatic heterocycles. The van der Waals surface area contributed by atoms with Crippen LogP contribution in [0.5, 0.6) is 28.7 Å². The Hall–Kier alpha value is -7.57. The Balaban J connectivity index is 1.30. The SMILES string of the molecule is Oc1c(O)c(O)c(-c2c3ccccc3c(-c3cccc(-c4cc5c6ccccc6ccc5c5ccccc45)n3)c3ccc(-c4ccccc4)cc23)c(O)c1O. The van der Waals surface area contributed by atoms with Gasteiger partial charge in [0.05, 0.1) is 17.0 Å². The van der Waals surface area contributed by atoms with Gasteiger partial charge in [0, 0.05) is 16.7 Å². The summed E-state index contributed by atoms with van der Waals surface area (Å²) >= 11 is 0. The second-order valence-electron chi connectivity index (χ2n) is 13.8. The van der Waals surface area contributed by atoms with E-state index in [1.165, 1.54) is 10.8 Å². The Morgan fingerprint density at radius 1 is 0.291 bits per heavy atom. The molecule has 262 valence electrons. The van der Waals surface area contributed by atoms with Gasteiger partial charge in [-0.25, -0.2) is 4.98 Å². The van der Waals surface area contributed by atoms with Gasteiger partial charge in [-0.15, -0.1) is 0 Å². The molecule has 10 rings (SSSR count). The lowest BCUT2D eigenvalue weighted by atomic mass is 9.85. The van der Waals surface area contributed by atoms with Gasteiger partial charge in [-0.3, -0.25) is 0 Å². The van der Waals surface area contributed by atoms with Crippen molar-refractivity contribution in [3.63, 3.8) is 0 Å². The van der Waals surface area contributed by atoms with Crippen LogP contribution in [0.25, 0.3) is 98.6 Å². The first-order valence-electron chi connectivity index (χ1n) is 17.9. The molecule has 0 bridgehead atoms. The van der Waals surface area contributed by atoms with E-state index in [1.807, 2.05) is 91.0 Å². The minimum absolute atomic E-state index is 0.206. The van der Waals surface area contributed by atoms with Crippen molar-refractivity contribution in [1.82, 2.24) is 4.98 Å². The summed E-state index contributed by atoms with van der Waals surface area (Å²) in [5, 5.41) is 64.1. The molecule has 55 heavy (non-hydrogen) atoms. The molecule has 6 heteroatoms. The van der Waals surface area contributed by atoms with Gasteiger partial charge in [0.1, 0.15) is 0 Å². The third kappa shape index (κ3) is 4.85. The molecule has 0 radical (unpaired) electrons. The summed E-state index contributed by atoms with van der Waals surface area (Å²) in [5.74, 6) is -4.39. The van der Waals surface area contributed by atoms with Crippen molar-refractivity contribution in [2.75, 3.05) is 0 Å². The Labute approximate surface area is 314 Å². The standard InChI is InChI=1S/C49H31NO5/c51-45-44(46(52)48(54)49(55)47(45)53)43-35-18-9-8-17-34(35)42(36-24-22-29(25-39(36)43)27-11-2-1-3-12-27)41-20-10-19-40(50-41)38-26-37-30-14-5-4-13-28(30)21-23-33(37)31-15-6-7-16-32(31)38/h1-26,51-55H. The predicted octanol–water partition coefficient (Wildman–Crippen LogP) is 12.0. The first-order valence-corrected chi connectivity index (χ1v) is 17.9. The summed E-state index contributed by atoms with van der Waals surface area (Å²) in [6, 6.07) is 52.9. The van der Waals surface area contributed by atoms with Gasteiger partial charge >= 0.3 is 0 Å². The summed E-state index contributed by atoms with van der Waals surface area (Å²) in [7, 11) is 0. The van der Waals surface area contributed by atoms with Crippen molar-refractivity contribution >= 4 is 53.9 Å². The van der Waals surface area contributed by atoms with Crippen LogP contribution in [0, 0.1) is 0 Å². The summed E-state index contributed by atoms with van der Waals surface area (Å²) in [5.41, 5.74) is 5.34. The highest BCUT2D eigenvalue weighted by Crippen LogP contribution is 2.58. The largest absolute Gasteiger partial charge is 0.504 e. The lowest BCUT2D eigenvalue weighted by molar-refractivity contribution is 0.330. The lowest BCUT2D eigenvalue weighted by Crippen LogP contribution is -1.95. The third-order valence-corrected chi connectivity index (χ3v) is 10.8. The number of rotatable bonds is 4. The molecule has 1 aromatic heterocycles. The van der Waals surface area contributed by atoms with Gasteiger partial charge in [-0.1, -0.05) is 133 Å². The van der Waals surface area contributed by atoms with Crippen molar-refractivity contribution in [2.45, 2.75) is 0 Å². The average molecular weight is 714 g/mol. The van der Waals surface area contributed by atoms with Crippen LogP contribution in [0.4, 0.5) is 0 Å². The molecule has 10 aromatic rings. The van der Waals surface area contributed by atoms with E-state index in [2.05, 4.69) is 66.7 Å². The van der Waals surface area contributed by atoms with Gasteiger partial charge < -0.3 is 25.5 Å². The fraction of sp³-hybridized carbons (Fsp3) is 0. The highest BCUT2D eigenvalue weighted by Gasteiger charge is 2.28. The number of fused-ring (bicyclic) bond motifs is 7. The lowest BCUT2D eigenvalue weighted by Gasteiger charge is -2.20. The Morgan fingerprint density at radius 2 is 0.836 bits per heavy atom. The number of aromatic hydroxyl groups is 5. The van der Waals surface area contributed by atoms with Crippen molar-refractivity contribution in [2.24, 2.45) is 0 Å². The van der Waals surface area contributed by atoms with E-state index >= 15 is 0 Å². The normalized spacial score (nSPS) is 11.6. The second-order valence-corrected chi connectivity index (χ2v) is 13.8. The number of aromatic nitrogens is 1. The van der Waals surface area contributed by atoms with Crippen LogP contribution in [-0.4, -0.2) is 30.5 Å². The molecule has 0 saturated carbocycles. The maximum atomic E-state index is 11.3. The molecule has 0 unspecified atom stereocenters. The zero-order valence-corrected chi connectivity index (χ0v) is 29.2. The molecule has 0 amide bonds. The fourth-order valence-electron chi connectivity index (χ4n) is 8.25. The zero-order chi connectivity index (χ0) is 37.4. The fourth-order valence-corrected chi connectivity index (χ4v) is 8.25. The van der Waals surface area contributed by atoms with Gasteiger partial charge in [-0.2, -0.15) is 0 Å². The monoisotopic (exact) mass is 713 g/mol. The Kier molecular flexibility index (Phi) is 7.15. The predicted molar refractivity (Wildman–Crippen MR) is 222 cm³/mol. The maximum Gasteiger partial charge on any atom is 0.208 e. The molecular formula is C49H31NO5. The third-order valence-electron chi connectivity index (χ3n) is 10.8. The van der Waals surface area contributed by atoms with Crippen molar-refractivity contribution in [3.05, 3.63) is 158 Å². The van der Waals surface area contributed by atoms with Crippen LogP contribution in [-0.2, 0) is 0 Å². The first-order chi connectivity index (χ1) is 26.9. The minimum atomic E-state index is -1.01. The Bertz CT molecular complexity index is 3180. The number of hydrogen-bond donors (Lipinski definition) is 5. The zero-order valence-electron chi connectivity index (χ0n) is 29.2. The maximum absolute atomic E-state index is 11.3. The molecule has 6 nitrogen and oxygen atoms in total. The van der Waals surface area contributed by atoms with E-state index in [1.54, 1.807) is 0 Å². The first kappa shape index (κ1) is 32.1. The topological polar surface area (TPSA) is 114 Å². The highest BCUT2D eigenvalue weighted by atomic mass is 16.4. The molecule has 0 atom stereocenters. The number of phenols is 5. The van der Waals surface area contributed by atoms with Crippen molar-refractivity contribution in [3.8, 4) is 73.5 Å². The molecule has 0 aliphatic rings. The van der Waals surface area contributed by atoms with Gasteiger partial charge in [0.25, 0.3) is 0 Å².